The molecule has 1 aromatic heterocycles. The Morgan fingerprint density at radius 2 is 2.00 bits per heavy atom. The Bertz CT molecular complexity index is 395. The van der Waals surface area contributed by atoms with Crippen LogP contribution in [0.1, 0.15) is 39.2 Å². The van der Waals surface area contributed by atoms with E-state index in [0.29, 0.717) is 5.82 Å². The van der Waals surface area contributed by atoms with Crippen molar-refractivity contribution >= 4 is 11.6 Å². The minimum absolute atomic E-state index is 0.0134. The number of hydrogen-bond acceptors (Lipinski definition) is 6. The van der Waals surface area contributed by atoms with E-state index in [1.807, 2.05) is 0 Å². The predicted octanol–water partition coefficient (Wildman–Crippen LogP) is 1.54. The van der Waals surface area contributed by atoms with Gasteiger partial charge in [0.2, 0.25) is 0 Å². The number of nitrogens with zero attached hydrogens (tertiary/aromatic N) is 2. The maximum atomic E-state index is 9.04. The van der Waals surface area contributed by atoms with Crippen molar-refractivity contribution < 1.29 is 5.11 Å². The molecule has 108 valence electrons. The van der Waals surface area contributed by atoms with Crippen LogP contribution in [-0.2, 0) is 6.42 Å². The summed E-state index contributed by atoms with van der Waals surface area (Å²) in [7, 11) is 0. The van der Waals surface area contributed by atoms with Gasteiger partial charge in [-0.2, -0.15) is 0 Å². The average molecular weight is 267 g/mol. The van der Waals surface area contributed by atoms with Crippen LogP contribution in [0.25, 0.3) is 0 Å². The minimum Gasteiger partial charge on any atom is -0.396 e. The second kappa shape index (κ2) is 7.25. The Kier molecular flexibility index (Phi) is 5.98. The largest absolute Gasteiger partial charge is 0.396 e. The van der Waals surface area contributed by atoms with Gasteiger partial charge in [-0.15, -0.1) is 0 Å². The molecular formula is C13H25N5O. The van der Waals surface area contributed by atoms with Gasteiger partial charge in [0.1, 0.15) is 18.0 Å². The zero-order valence-corrected chi connectivity index (χ0v) is 12.0. The molecule has 0 saturated heterocycles. The van der Waals surface area contributed by atoms with Crippen molar-refractivity contribution in [3.63, 3.8) is 0 Å². The standard InChI is InChI=1S/C13H25N5O/c1-4-5-10-11(16-9-17-12(10)18-14)15-8-13(2,3)6-7-19/h9,19H,4-8,14H2,1-3H3,(H2,15,16,17,18). The maximum absolute atomic E-state index is 9.04. The number of hydrazine groups is 1. The third-order valence-corrected chi connectivity index (χ3v) is 3.11. The zero-order chi connectivity index (χ0) is 14.3. The second-order valence-corrected chi connectivity index (χ2v) is 5.44. The van der Waals surface area contributed by atoms with Gasteiger partial charge in [-0.3, -0.25) is 0 Å². The van der Waals surface area contributed by atoms with Gasteiger partial charge in [-0.05, 0) is 18.3 Å². The molecule has 0 aliphatic carbocycles. The van der Waals surface area contributed by atoms with Gasteiger partial charge in [0.25, 0.3) is 0 Å². The number of aromatic nitrogens is 2. The Morgan fingerprint density at radius 1 is 1.32 bits per heavy atom. The molecule has 0 bridgehead atoms. The van der Waals surface area contributed by atoms with Crippen LogP contribution in [-0.4, -0.2) is 28.2 Å². The van der Waals surface area contributed by atoms with E-state index in [1.54, 1.807) is 0 Å². The third-order valence-electron chi connectivity index (χ3n) is 3.11. The van der Waals surface area contributed by atoms with E-state index in [9.17, 15) is 0 Å². The molecule has 1 aromatic rings. The number of hydrogen-bond donors (Lipinski definition) is 4. The summed E-state index contributed by atoms with van der Waals surface area (Å²) < 4.78 is 0. The summed E-state index contributed by atoms with van der Waals surface area (Å²) in [6.45, 7) is 7.26. The van der Waals surface area contributed by atoms with E-state index < -0.39 is 0 Å². The number of aliphatic hydroxyl groups excluding tert-OH is 1. The van der Waals surface area contributed by atoms with Crippen LogP contribution in [0, 0.1) is 5.41 Å². The summed E-state index contributed by atoms with van der Waals surface area (Å²) >= 11 is 0. The number of nitrogens with two attached hydrogens (primary N) is 1. The highest BCUT2D eigenvalue weighted by atomic mass is 16.3. The Balaban J connectivity index is 2.82. The summed E-state index contributed by atoms with van der Waals surface area (Å²) in [4.78, 5) is 8.42. The summed E-state index contributed by atoms with van der Waals surface area (Å²) in [5.74, 6) is 6.96. The van der Waals surface area contributed by atoms with E-state index in [1.165, 1.54) is 6.33 Å². The second-order valence-electron chi connectivity index (χ2n) is 5.44. The van der Waals surface area contributed by atoms with Crippen LogP contribution in [0.2, 0.25) is 0 Å². The van der Waals surface area contributed by atoms with E-state index in [-0.39, 0.29) is 12.0 Å². The van der Waals surface area contributed by atoms with Crippen molar-refractivity contribution in [3.8, 4) is 0 Å². The molecule has 0 aliphatic rings. The van der Waals surface area contributed by atoms with Gasteiger partial charge < -0.3 is 15.8 Å². The van der Waals surface area contributed by atoms with Crippen molar-refractivity contribution in [1.82, 2.24) is 9.97 Å². The molecule has 0 spiro atoms. The molecule has 0 aliphatic heterocycles. The normalized spacial score (nSPS) is 11.4. The fraction of sp³-hybridized carbons (Fsp3) is 0.692. The SMILES string of the molecule is CCCc1c(NN)ncnc1NCC(C)(C)CCO. The average Bonchev–Trinajstić information content (AvgIpc) is 2.37. The lowest BCUT2D eigenvalue weighted by Gasteiger charge is -2.25. The van der Waals surface area contributed by atoms with E-state index in [0.717, 1.165) is 37.2 Å². The molecule has 1 heterocycles. The van der Waals surface area contributed by atoms with Crippen molar-refractivity contribution in [2.75, 3.05) is 23.9 Å². The van der Waals surface area contributed by atoms with Crippen LogP contribution < -0.4 is 16.6 Å². The number of nitrogen functional groups attached to an aromatic ring is 1. The van der Waals surface area contributed by atoms with Crippen molar-refractivity contribution in [2.24, 2.45) is 11.3 Å². The molecule has 0 amide bonds. The predicted molar refractivity (Wildman–Crippen MR) is 77.8 cm³/mol. The first kappa shape index (κ1) is 15.7. The molecule has 0 unspecified atom stereocenters. The highest BCUT2D eigenvalue weighted by molar-refractivity contribution is 5.56. The lowest BCUT2D eigenvalue weighted by molar-refractivity contribution is 0.220. The van der Waals surface area contributed by atoms with E-state index >= 15 is 0 Å². The Morgan fingerprint density at radius 3 is 2.58 bits per heavy atom. The zero-order valence-electron chi connectivity index (χ0n) is 12.0. The fourth-order valence-electron chi connectivity index (χ4n) is 1.89. The number of aliphatic hydroxyl groups is 1. The van der Waals surface area contributed by atoms with E-state index in [2.05, 4.69) is 41.5 Å². The van der Waals surface area contributed by atoms with Gasteiger partial charge in [-0.25, -0.2) is 15.8 Å². The smallest absolute Gasteiger partial charge is 0.148 e. The molecule has 0 fully saturated rings. The lowest BCUT2D eigenvalue weighted by atomic mass is 9.90. The highest BCUT2D eigenvalue weighted by Gasteiger charge is 2.18. The van der Waals surface area contributed by atoms with Gasteiger partial charge in [0, 0.05) is 18.7 Å². The Labute approximate surface area is 114 Å². The van der Waals surface area contributed by atoms with Gasteiger partial charge in [0.05, 0.1) is 0 Å². The third kappa shape index (κ3) is 4.65. The van der Waals surface area contributed by atoms with Crippen LogP contribution in [0.4, 0.5) is 11.6 Å². The molecular weight excluding hydrogens is 242 g/mol. The molecule has 0 aromatic carbocycles. The molecule has 5 N–H and O–H groups in total. The first-order valence-corrected chi connectivity index (χ1v) is 6.69. The molecule has 1 rings (SSSR count). The molecule has 0 atom stereocenters. The molecule has 6 heteroatoms. The lowest BCUT2D eigenvalue weighted by Crippen LogP contribution is -2.25. The monoisotopic (exact) mass is 267 g/mol. The van der Waals surface area contributed by atoms with Gasteiger partial charge >= 0.3 is 0 Å². The molecule has 0 radical (unpaired) electrons. The van der Waals surface area contributed by atoms with Crippen molar-refractivity contribution in [1.29, 1.82) is 0 Å². The summed E-state index contributed by atoms with van der Waals surface area (Å²) in [5.41, 5.74) is 3.63. The van der Waals surface area contributed by atoms with Crippen LogP contribution >= 0.6 is 0 Å². The first-order chi connectivity index (χ1) is 9.04. The highest BCUT2D eigenvalue weighted by Crippen LogP contribution is 2.24. The van der Waals surface area contributed by atoms with Gasteiger partial charge in [0.15, 0.2) is 0 Å². The topological polar surface area (TPSA) is 96.1 Å². The number of anilines is 2. The quantitative estimate of drug-likeness (QED) is 0.421. The Hall–Kier alpha value is -1.40. The van der Waals surface area contributed by atoms with Crippen LogP contribution in [0.5, 0.6) is 0 Å². The first-order valence-electron chi connectivity index (χ1n) is 6.69. The van der Waals surface area contributed by atoms with Crippen LogP contribution in [0.3, 0.4) is 0 Å². The number of nitrogens with one attached hydrogen (secondary N) is 2. The number of rotatable bonds is 8. The molecule has 6 nitrogen and oxygen atoms in total. The maximum Gasteiger partial charge on any atom is 0.148 e. The fourth-order valence-corrected chi connectivity index (χ4v) is 1.89. The summed E-state index contributed by atoms with van der Waals surface area (Å²) in [6.07, 6.45) is 4.10. The molecule has 0 saturated carbocycles. The molecule has 19 heavy (non-hydrogen) atoms. The van der Waals surface area contributed by atoms with Crippen molar-refractivity contribution in [3.05, 3.63) is 11.9 Å². The van der Waals surface area contributed by atoms with Crippen molar-refractivity contribution in [2.45, 2.75) is 40.0 Å². The van der Waals surface area contributed by atoms with Gasteiger partial charge in [-0.1, -0.05) is 27.2 Å². The van der Waals surface area contributed by atoms with Crippen LogP contribution in [0.15, 0.2) is 6.33 Å². The summed E-state index contributed by atoms with van der Waals surface area (Å²) in [5, 5.41) is 12.4. The van der Waals surface area contributed by atoms with E-state index in [4.69, 9.17) is 10.9 Å². The minimum atomic E-state index is 0.0134. The summed E-state index contributed by atoms with van der Waals surface area (Å²) in [6, 6.07) is 0.